The first-order valence-corrected chi connectivity index (χ1v) is 27.1. The fraction of sp³-hybridized carbons (Fsp3) is 0.0645. The first-order chi connectivity index (χ1) is 37.8. The van der Waals surface area contributed by atoms with E-state index in [4.69, 9.17) is 29.9 Å². The van der Waals surface area contributed by atoms with Gasteiger partial charge in [-0.05, 0) is 83.9 Å². The van der Waals surface area contributed by atoms with Gasteiger partial charge in [-0.15, -0.1) is 30.6 Å². The number of carbonyl (C=O) groups is 4. The molecule has 0 radical (unpaired) electrons. The fourth-order valence-corrected chi connectivity index (χ4v) is 13.4. The van der Waals surface area contributed by atoms with Crippen LogP contribution in [0.3, 0.4) is 0 Å². The van der Waals surface area contributed by atoms with Crippen molar-refractivity contribution in [3.05, 3.63) is 237 Å². The molecule has 13 rings (SSSR count). The van der Waals surface area contributed by atoms with Gasteiger partial charge in [-0.25, -0.2) is 9.59 Å². The fourth-order valence-electron chi connectivity index (χ4n) is 10.6. The number of ether oxygens (including phenoxy) is 2. The molecule has 370 valence electrons. The predicted octanol–water partition coefficient (Wildman–Crippen LogP) is 13.3. The van der Waals surface area contributed by atoms with Gasteiger partial charge in [-0.3, -0.25) is 9.59 Å². The number of nitrogens with zero attached hydrogens (tertiary/aromatic N) is 6. The normalized spacial score (nSPS) is 14.9. The second kappa shape index (κ2) is 19.6. The second-order valence-electron chi connectivity index (χ2n) is 17.9. The van der Waals surface area contributed by atoms with E-state index in [9.17, 15) is 19.2 Å². The second-order valence-corrected chi connectivity index (χ2v) is 21.4. The van der Waals surface area contributed by atoms with E-state index in [-0.39, 0.29) is 23.4 Å². The predicted molar refractivity (Wildman–Crippen MR) is 302 cm³/mol. The maximum Gasteiger partial charge on any atom is 0.338 e. The molecule has 0 saturated heterocycles. The average Bonchev–Trinajstić information content (AvgIpc) is 4.35. The highest BCUT2D eigenvalue weighted by Gasteiger charge is 2.35. The van der Waals surface area contributed by atoms with E-state index in [1.807, 2.05) is 146 Å². The molecule has 12 nitrogen and oxygen atoms in total. The molecule has 77 heavy (non-hydrogen) atoms. The number of thioether (sulfide) groups is 2. The van der Waals surface area contributed by atoms with E-state index in [2.05, 4.69) is 10.2 Å². The summed E-state index contributed by atoms with van der Waals surface area (Å²) in [5, 5.41) is 27.9. The SMILES string of the molecule is CCOC(=O)c1cccc2c1-c1ccccc1C2=NN=C1c2ccccc2-c2c(C(=O)Sc3nnc(SC(=O)c4cccc5c4-c4ccccc4C5=NN=C4c5ccccc5-c5c(C(=O)OCC)cccc54)s3)cccc21. The molecule has 1 aromatic heterocycles. The number of aromatic nitrogens is 2. The largest absolute Gasteiger partial charge is 0.462 e. The molecule has 0 saturated carbocycles. The zero-order valence-electron chi connectivity index (χ0n) is 40.9. The van der Waals surface area contributed by atoms with Gasteiger partial charge >= 0.3 is 11.9 Å². The number of hydrogen-bond acceptors (Lipinski definition) is 15. The molecular formula is C62H38N6O6S3. The van der Waals surface area contributed by atoms with Crippen molar-refractivity contribution in [3.63, 3.8) is 0 Å². The van der Waals surface area contributed by atoms with Crippen molar-refractivity contribution in [2.24, 2.45) is 20.4 Å². The summed E-state index contributed by atoms with van der Waals surface area (Å²) >= 11 is 3.08. The van der Waals surface area contributed by atoms with Crippen molar-refractivity contribution >= 4 is 79.9 Å². The minimum Gasteiger partial charge on any atom is -0.462 e. The van der Waals surface area contributed by atoms with Gasteiger partial charge in [0.05, 0.1) is 24.3 Å². The first-order valence-electron chi connectivity index (χ1n) is 24.7. The zero-order chi connectivity index (χ0) is 52.3. The molecule has 0 unspecified atom stereocenters. The van der Waals surface area contributed by atoms with Gasteiger partial charge in [-0.2, -0.15) is 0 Å². The molecule has 4 aliphatic carbocycles. The van der Waals surface area contributed by atoms with Crippen LogP contribution >= 0.6 is 34.9 Å². The summed E-state index contributed by atoms with van der Waals surface area (Å²) in [5.41, 5.74) is 17.2. The number of carbonyl (C=O) groups excluding carboxylic acids is 4. The molecule has 4 aliphatic rings. The summed E-state index contributed by atoms with van der Waals surface area (Å²) in [6.07, 6.45) is 0. The molecule has 0 spiro atoms. The van der Waals surface area contributed by atoms with Crippen molar-refractivity contribution in [2.45, 2.75) is 22.5 Å². The molecule has 1 heterocycles. The van der Waals surface area contributed by atoms with Crippen molar-refractivity contribution in [1.29, 1.82) is 0 Å². The average molecular weight is 1060 g/mol. The standard InChI is InChI=1S/C62H38N6O6S3/c1-3-73-57(69)45-29-13-25-41-49(45)33-17-5-9-21-37(33)53(41)63-65-55-39-23-11-7-19-35(39)51-43(55)27-15-31-47(51)59(71)75-61-67-68-62(77-61)76-60(72)48-32-16-28-44-52(48)36-20-8-12-24-40(36)56(44)66-64-54-38-22-10-6-18-34(38)50-42(54)26-14-30-46(50)58(70)74-4-2/h5-32H,3-4H2,1-2H3. The van der Waals surface area contributed by atoms with Crippen LogP contribution in [0, 0.1) is 0 Å². The number of fused-ring (bicyclic) bond motifs is 12. The molecule has 8 aromatic carbocycles. The highest BCUT2D eigenvalue weighted by molar-refractivity contribution is 8.17. The van der Waals surface area contributed by atoms with Crippen LogP contribution in [0.5, 0.6) is 0 Å². The summed E-state index contributed by atoms with van der Waals surface area (Å²) < 4.78 is 11.6. The zero-order valence-corrected chi connectivity index (χ0v) is 43.4. The van der Waals surface area contributed by atoms with E-state index in [1.165, 1.54) is 11.3 Å². The molecule has 0 fully saturated rings. The minimum absolute atomic E-state index is 0.245. The number of esters is 2. The van der Waals surface area contributed by atoms with Crippen LogP contribution in [-0.4, -0.2) is 68.4 Å². The Morgan fingerprint density at radius 2 is 0.623 bits per heavy atom. The van der Waals surface area contributed by atoms with Crippen LogP contribution in [0.2, 0.25) is 0 Å². The summed E-state index contributed by atoms with van der Waals surface area (Å²) in [6.45, 7) is 4.08. The van der Waals surface area contributed by atoms with Crippen LogP contribution < -0.4 is 0 Å². The minimum atomic E-state index is -0.401. The lowest BCUT2D eigenvalue weighted by Gasteiger charge is -2.08. The van der Waals surface area contributed by atoms with E-state index in [0.29, 0.717) is 53.8 Å². The maximum absolute atomic E-state index is 14.4. The molecule has 15 heteroatoms. The summed E-state index contributed by atoms with van der Waals surface area (Å²) in [5.74, 6) is -0.803. The monoisotopic (exact) mass is 1060 g/mol. The summed E-state index contributed by atoms with van der Waals surface area (Å²) in [6, 6.07) is 53.4. The smallest absolute Gasteiger partial charge is 0.338 e. The quantitative estimate of drug-likeness (QED) is 0.0732. The Kier molecular flexibility index (Phi) is 12.1. The third kappa shape index (κ3) is 8.00. The third-order valence-electron chi connectivity index (χ3n) is 13.8. The van der Waals surface area contributed by atoms with Gasteiger partial charge < -0.3 is 9.47 Å². The van der Waals surface area contributed by atoms with Crippen molar-refractivity contribution in [2.75, 3.05) is 13.2 Å². The Balaban J connectivity index is 0.779. The Morgan fingerprint density at radius 3 is 0.922 bits per heavy atom. The van der Waals surface area contributed by atoms with Gasteiger partial charge in [0.2, 0.25) is 10.2 Å². The Bertz CT molecular complexity index is 3930. The van der Waals surface area contributed by atoms with Crippen molar-refractivity contribution < 1.29 is 28.7 Å². The number of hydrogen-bond donors (Lipinski definition) is 0. The molecule has 0 amide bonds. The third-order valence-corrected chi connectivity index (χ3v) is 16.6. The lowest BCUT2D eigenvalue weighted by atomic mass is 9.99. The molecule has 0 aliphatic heterocycles. The van der Waals surface area contributed by atoms with E-state index >= 15 is 0 Å². The van der Waals surface area contributed by atoms with Crippen LogP contribution in [0.15, 0.2) is 199 Å². The van der Waals surface area contributed by atoms with Crippen LogP contribution in [0.1, 0.15) is 99.8 Å². The van der Waals surface area contributed by atoms with E-state index in [1.54, 1.807) is 38.1 Å². The van der Waals surface area contributed by atoms with Crippen LogP contribution in [0.4, 0.5) is 0 Å². The van der Waals surface area contributed by atoms with Gasteiger partial charge in [0, 0.05) is 77.9 Å². The van der Waals surface area contributed by atoms with Crippen LogP contribution in [0.25, 0.3) is 44.5 Å². The van der Waals surface area contributed by atoms with Crippen molar-refractivity contribution in [3.8, 4) is 44.5 Å². The Morgan fingerprint density at radius 1 is 0.364 bits per heavy atom. The van der Waals surface area contributed by atoms with Gasteiger partial charge in [-0.1, -0.05) is 157 Å². The lowest BCUT2D eigenvalue weighted by molar-refractivity contribution is 0.0517. The van der Waals surface area contributed by atoms with E-state index in [0.717, 1.165) is 113 Å². The highest BCUT2D eigenvalue weighted by atomic mass is 32.2. The molecule has 0 atom stereocenters. The highest BCUT2D eigenvalue weighted by Crippen LogP contribution is 2.46. The van der Waals surface area contributed by atoms with E-state index < -0.39 is 11.9 Å². The van der Waals surface area contributed by atoms with Crippen molar-refractivity contribution in [1.82, 2.24) is 10.2 Å². The maximum atomic E-state index is 14.4. The summed E-state index contributed by atoms with van der Waals surface area (Å²) in [7, 11) is 0. The number of benzene rings is 8. The molecular weight excluding hydrogens is 1020 g/mol. The molecule has 9 aromatic rings. The van der Waals surface area contributed by atoms with Crippen LogP contribution in [-0.2, 0) is 9.47 Å². The lowest BCUT2D eigenvalue weighted by Crippen LogP contribution is -2.07. The van der Waals surface area contributed by atoms with Gasteiger partial charge in [0.1, 0.15) is 22.8 Å². The molecule has 0 N–H and O–H groups in total. The first kappa shape index (κ1) is 47.7. The topological polar surface area (TPSA) is 162 Å². The van der Waals surface area contributed by atoms with Gasteiger partial charge in [0.25, 0.3) is 0 Å². The summed E-state index contributed by atoms with van der Waals surface area (Å²) in [4.78, 5) is 55.0. The molecule has 0 bridgehead atoms. The number of rotatable bonds is 10. The Labute approximate surface area is 453 Å². The Hall–Kier alpha value is -9.02. The van der Waals surface area contributed by atoms with Gasteiger partial charge in [0.15, 0.2) is 8.68 Å².